The first-order valence-electron chi connectivity index (χ1n) is 11.5. The summed E-state index contributed by atoms with van der Waals surface area (Å²) in [6, 6.07) is 21.6. The highest BCUT2D eigenvalue weighted by molar-refractivity contribution is 5.99. The predicted octanol–water partition coefficient (Wildman–Crippen LogP) is 9.60. The minimum absolute atomic E-state index is 1.25. The van der Waals surface area contributed by atoms with Crippen molar-refractivity contribution in [2.45, 2.75) is 41.5 Å². The Hall–Kier alpha value is -3.38. The second kappa shape index (κ2) is 10.8. The highest BCUT2D eigenvalue weighted by Crippen LogP contribution is 2.45. The predicted molar refractivity (Wildman–Crippen MR) is 144 cm³/mol. The lowest BCUT2D eigenvalue weighted by atomic mass is 9.77. The van der Waals surface area contributed by atoms with Crippen LogP contribution in [0, 0.1) is 13.8 Å². The first-order chi connectivity index (χ1) is 15.6. The van der Waals surface area contributed by atoms with E-state index in [1.807, 2.05) is 0 Å². The molecule has 0 nitrogen and oxygen atoms in total. The maximum atomic E-state index is 2.28. The number of hydrogen-bond acceptors (Lipinski definition) is 0. The topological polar surface area (TPSA) is 0 Å². The van der Waals surface area contributed by atoms with Crippen LogP contribution < -0.4 is 0 Å². The van der Waals surface area contributed by atoms with Crippen molar-refractivity contribution in [2.24, 2.45) is 0 Å². The van der Waals surface area contributed by atoms with E-state index in [0.717, 1.165) is 0 Å². The minimum Gasteiger partial charge on any atom is -0.0871 e. The van der Waals surface area contributed by atoms with Gasteiger partial charge in [-0.3, -0.25) is 0 Å². The molecule has 0 saturated heterocycles. The first-order valence-corrected chi connectivity index (χ1v) is 11.5. The molecule has 3 aromatic rings. The van der Waals surface area contributed by atoms with E-state index in [4.69, 9.17) is 0 Å². The highest BCUT2D eigenvalue weighted by atomic mass is 14.3. The Balaban J connectivity index is 2.60. The molecule has 0 aliphatic rings. The summed E-state index contributed by atoms with van der Waals surface area (Å²) in [5.74, 6) is 0. The number of benzene rings is 3. The summed E-state index contributed by atoms with van der Waals surface area (Å²) in [5.41, 5.74) is 12.9. The van der Waals surface area contributed by atoms with Crippen LogP contribution >= 0.6 is 0 Å². The lowest BCUT2D eigenvalue weighted by molar-refractivity contribution is 1.32. The van der Waals surface area contributed by atoms with Gasteiger partial charge in [0, 0.05) is 0 Å². The van der Waals surface area contributed by atoms with E-state index in [2.05, 4.69) is 139 Å². The summed E-state index contributed by atoms with van der Waals surface area (Å²) in [4.78, 5) is 0. The molecule has 0 N–H and O–H groups in total. The summed E-state index contributed by atoms with van der Waals surface area (Å²) < 4.78 is 0. The van der Waals surface area contributed by atoms with Crippen molar-refractivity contribution < 1.29 is 0 Å². The maximum absolute atomic E-state index is 2.28. The summed E-state index contributed by atoms with van der Waals surface area (Å²) in [5, 5.41) is 0. The Labute approximate surface area is 194 Å². The monoisotopic (exact) mass is 418 g/mol. The van der Waals surface area contributed by atoms with E-state index in [0.29, 0.717) is 0 Å². The van der Waals surface area contributed by atoms with E-state index >= 15 is 0 Å². The van der Waals surface area contributed by atoms with Crippen molar-refractivity contribution in [2.75, 3.05) is 0 Å². The third-order valence-electron chi connectivity index (χ3n) is 6.02. The van der Waals surface area contributed by atoms with Crippen LogP contribution in [0.1, 0.15) is 49.9 Å². The Kier molecular flexibility index (Phi) is 7.84. The van der Waals surface area contributed by atoms with Crippen molar-refractivity contribution >= 4 is 11.1 Å². The molecule has 0 unspecified atom stereocenters. The molecule has 3 rings (SSSR count). The zero-order valence-corrected chi connectivity index (χ0v) is 20.2. The second-order valence-corrected chi connectivity index (χ2v) is 7.97. The molecule has 0 spiro atoms. The molecule has 0 amide bonds. The van der Waals surface area contributed by atoms with Crippen molar-refractivity contribution in [1.29, 1.82) is 0 Å². The first kappa shape index (κ1) is 23.3. The van der Waals surface area contributed by atoms with Crippen LogP contribution in [0.3, 0.4) is 0 Å². The average molecular weight is 419 g/mol. The largest absolute Gasteiger partial charge is 0.0871 e. The van der Waals surface area contributed by atoms with Gasteiger partial charge in [-0.05, 0) is 97.2 Å². The van der Waals surface area contributed by atoms with Crippen molar-refractivity contribution in [3.8, 4) is 22.3 Å². The average Bonchev–Trinajstić information content (AvgIpc) is 2.83. The molecule has 0 fully saturated rings. The van der Waals surface area contributed by atoms with Gasteiger partial charge < -0.3 is 0 Å². The molecule has 0 heterocycles. The fourth-order valence-corrected chi connectivity index (χ4v) is 4.66. The molecular formula is C32H34. The van der Waals surface area contributed by atoms with Gasteiger partial charge in [0.05, 0.1) is 0 Å². The van der Waals surface area contributed by atoms with Gasteiger partial charge in [-0.15, -0.1) is 0 Å². The standard InChI is InChI=1S/C32H34/c1-7-17-25(9-3)29-23(5)31(27-19-13-11-14-20-27)32(28-21-15-12-16-22-28)24(6)30(29)26(10-4)18-8-2/h7-22H,1-6H3/b17-7-,18-8-,25-9+,26-10+. The summed E-state index contributed by atoms with van der Waals surface area (Å²) in [6.45, 7) is 13.0. The zero-order chi connectivity index (χ0) is 23.1. The molecular weight excluding hydrogens is 384 g/mol. The Morgan fingerprint density at radius 1 is 0.531 bits per heavy atom. The normalized spacial score (nSPS) is 12.8. The minimum atomic E-state index is 1.25. The molecule has 0 atom stereocenters. The van der Waals surface area contributed by atoms with E-state index in [1.54, 1.807) is 0 Å². The number of allylic oxidation sites excluding steroid dienone is 8. The molecule has 0 saturated carbocycles. The van der Waals surface area contributed by atoms with E-state index in [9.17, 15) is 0 Å². The van der Waals surface area contributed by atoms with Crippen LogP contribution in [0.15, 0.2) is 97.1 Å². The van der Waals surface area contributed by atoms with Crippen LogP contribution in [-0.4, -0.2) is 0 Å². The Morgan fingerprint density at radius 2 is 0.875 bits per heavy atom. The lowest BCUT2D eigenvalue weighted by Crippen LogP contribution is -2.05. The third kappa shape index (κ3) is 4.46. The molecule has 162 valence electrons. The summed E-state index contributed by atoms with van der Waals surface area (Å²) >= 11 is 0. The van der Waals surface area contributed by atoms with E-state index in [-0.39, 0.29) is 0 Å². The van der Waals surface area contributed by atoms with E-state index < -0.39 is 0 Å². The zero-order valence-electron chi connectivity index (χ0n) is 20.2. The smallest absolute Gasteiger partial charge is 0.00668 e. The summed E-state index contributed by atoms with van der Waals surface area (Å²) in [7, 11) is 0. The molecule has 0 aromatic heterocycles. The van der Waals surface area contributed by atoms with Crippen molar-refractivity contribution in [3.05, 3.63) is 119 Å². The Morgan fingerprint density at radius 3 is 1.16 bits per heavy atom. The van der Waals surface area contributed by atoms with Gasteiger partial charge in [-0.2, -0.15) is 0 Å². The molecule has 3 aromatic carbocycles. The van der Waals surface area contributed by atoms with Gasteiger partial charge in [0.2, 0.25) is 0 Å². The second-order valence-electron chi connectivity index (χ2n) is 7.97. The molecule has 0 aliphatic heterocycles. The fraction of sp³-hybridized carbons (Fsp3) is 0.188. The van der Waals surface area contributed by atoms with Crippen LogP contribution in [0.25, 0.3) is 33.4 Å². The third-order valence-corrected chi connectivity index (χ3v) is 6.02. The molecule has 0 bridgehead atoms. The Bertz CT molecular complexity index is 1090. The number of hydrogen-bond donors (Lipinski definition) is 0. The summed E-state index contributed by atoms with van der Waals surface area (Å²) in [6.07, 6.45) is 13.2. The molecule has 0 aliphatic carbocycles. The fourth-order valence-electron chi connectivity index (χ4n) is 4.66. The van der Waals surface area contributed by atoms with Crippen LogP contribution in [0.4, 0.5) is 0 Å². The van der Waals surface area contributed by atoms with Gasteiger partial charge in [0.1, 0.15) is 0 Å². The van der Waals surface area contributed by atoms with Crippen molar-refractivity contribution in [1.82, 2.24) is 0 Å². The molecule has 0 heteroatoms. The van der Waals surface area contributed by atoms with Crippen LogP contribution in [-0.2, 0) is 0 Å². The SMILES string of the molecule is C/C=C\C(=C/C)c1c(C)c(-c2ccccc2)c(-c2ccccc2)c(C)c1C(/C=C\C)=C/C. The maximum Gasteiger partial charge on any atom is -0.00668 e. The molecule has 32 heavy (non-hydrogen) atoms. The van der Waals surface area contributed by atoms with Gasteiger partial charge in [0.15, 0.2) is 0 Å². The van der Waals surface area contributed by atoms with Crippen LogP contribution in [0.5, 0.6) is 0 Å². The highest BCUT2D eigenvalue weighted by Gasteiger charge is 2.23. The lowest BCUT2D eigenvalue weighted by Gasteiger charge is -2.26. The number of rotatable bonds is 6. The van der Waals surface area contributed by atoms with Gasteiger partial charge in [-0.25, -0.2) is 0 Å². The van der Waals surface area contributed by atoms with Crippen LogP contribution in [0.2, 0.25) is 0 Å². The van der Waals surface area contributed by atoms with Gasteiger partial charge in [-0.1, -0.05) is 97.1 Å². The van der Waals surface area contributed by atoms with Gasteiger partial charge in [0.25, 0.3) is 0 Å². The van der Waals surface area contributed by atoms with Gasteiger partial charge >= 0.3 is 0 Å². The van der Waals surface area contributed by atoms with Crippen molar-refractivity contribution in [3.63, 3.8) is 0 Å². The quantitative estimate of drug-likeness (QED) is 0.349. The van der Waals surface area contributed by atoms with E-state index in [1.165, 1.54) is 55.7 Å². The molecule has 0 radical (unpaired) electrons.